The van der Waals surface area contributed by atoms with Gasteiger partial charge in [0.25, 0.3) is 0 Å². The molecule has 0 saturated carbocycles. The second kappa shape index (κ2) is 14.2. The van der Waals surface area contributed by atoms with Gasteiger partial charge in [0.2, 0.25) is 20.8 Å². The van der Waals surface area contributed by atoms with Crippen LogP contribution in [-0.2, 0) is 63.2 Å². The Hall–Kier alpha value is -0.750. The number of aliphatic hydroxyl groups excluding tert-OH is 4. The summed E-state index contributed by atoms with van der Waals surface area (Å²) in [5.74, 6) is -1.02. The topological polar surface area (TPSA) is 329 Å². The van der Waals surface area contributed by atoms with Crippen molar-refractivity contribution in [2.75, 3.05) is 6.61 Å². The second-order valence-electron chi connectivity index (χ2n) is 10.6. The molecule has 0 spiro atoms. The Labute approximate surface area is 253 Å². The molecule has 3 rings (SSSR count). The van der Waals surface area contributed by atoms with Gasteiger partial charge in [-0.3, -0.25) is 8.37 Å². The number of nitrogens with one attached hydrogen (secondary N) is 1. The van der Waals surface area contributed by atoms with Crippen molar-refractivity contribution in [3.63, 3.8) is 0 Å². The molecule has 5 N–H and O–H groups in total. The van der Waals surface area contributed by atoms with Gasteiger partial charge in [-0.1, -0.05) is 6.92 Å². The maximum absolute atomic E-state index is 11.7. The molecule has 3 heterocycles. The lowest BCUT2D eigenvalue weighted by Crippen LogP contribution is -2.68. The molecule has 15 atom stereocenters. The summed E-state index contributed by atoms with van der Waals surface area (Å²) in [6.07, 6.45) is -21.3. The van der Waals surface area contributed by atoms with E-state index in [0.29, 0.717) is 0 Å². The summed E-state index contributed by atoms with van der Waals surface area (Å²) >= 11 is 0. The van der Waals surface area contributed by atoms with Gasteiger partial charge in [0.05, 0.1) is 31.0 Å². The summed E-state index contributed by atoms with van der Waals surface area (Å²) in [6, 6.07) is -2.11. The monoisotopic (exact) mass is 704 g/mol. The molecule has 0 aromatic carbocycles. The first-order valence-corrected chi connectivity index (χ1v) is 17.0. The molecule has 24 heteroatoms. The SMILES string of the molecule is CC1O[C@@H](O[C@@H]2C(COS(=O)(=O)[O-])O[C@H](OC3C(C)O[C@@H](C)C(OS(=O)(=O)[O-])[C@@H]3O)C(NS(=O)(=O)[O-])[C@H]2O)C(C)[C@H](O)C1O. The van der Waals surface area contributed by atoms with E-state index in [4.69, 9.17) is 23.7 Å². The van der Waals surface area contributed by atoms with E-state index in [-0.39, 0.29) is 0 Å². The van der Waals surface area contributed by atoms with Crippen molar-refractivity contribution in [2.24, 2.45) is 5.92 Å². The van der Waals surface area contributed by atoms with E-state index in [9.17, 15) is 59.3 Å². The van der Waals surface area contributed by atoms with E-state index < -0.39 is 129 Å². The third-order valence-corrected chi connectivity index (χ3v) is 8.76. The fourth-order valence-corrected chi connectivity index (χ4v) is 6.54. The summed E-state index contributed by atoms with van der Waals surface area (Å²) < 4.78 is 140. The van der Waals surface area contributed by atoms with Crippen LogP contribution in [0.3, 0.4) is 0 Å². The van der Waals surface area contributed by atoms with Crippen LogP contribution in [0, 0.1) is 5.92 Å². The van der Waals surface area contributed by atoms with Crippen LogP contribution >= 0.6 is 0 Å². The minimum absolute atomic E-state index is 1.02. The van der Waals surface area contributed by atoms with Crippen LogP contribution in [-0.4, -0.2) is 152 Å². The highest BCUT2D eigenvalue weighted by atomic mass is 32.3. The molecule has 3 aliphatic heterocycles. The lowest BCUT2D eigenvalue weighted by Gasteiger charge is -2.49. The van der Waals surface area contributed by atoms with Gasteiger partial charge in [-0.2, -0.15) is 0 Å². The van der Waals surface area contributed by atoms with Crippen molar-refractivity contribution in [3.8, 4) is 0 Å². The largest absolute Gasteiger partial charge is 0.735 e. The predicted octanol–water partition coefficient (Wildman–Crippen LogP) is -5.15. The van der Waals surface area contributed by atoms with Gasteiger partial charge < -0.3 is 57.8 Å². The molecule has 0 amide bonds. The third kappa shape index (κ3) is 9.64. The van der Waals surface area contributed by atoms with Crippen LogP contribution in [0.15, 0.2) is 0 Å². The first-order chi connectivity index (χ1) is 20.0. The lowest BCUT2D eigenvalue weighted by atomic mass is 9.92. The predicted molar refractivity (Wildman–Crippen MR) is 133 cm³/mol. The number of ether oxygens (including phenoxy) is 5. The van der Waals surface area contributed by atoms with Crippen molar-refractivity contribution in [1.82, 2.24) is 4.72 Å². The summed E-state index contributed by atoms with van der Waals surface area (Å²) in [4.78, 5) is 0. The van der Waals surface area contributed by atoms with Crippen LogP contribution < -0.4 is 4.72 Å². The van der Waals surface area contributed by atoms with Crippen LogP contribution in [0.1, 0.15) is 27.7 Å². The molecular formula is C20H34NO20S3-3. The van der Waals surface area contributed by atoms with E-state index in [0.717, 1.165) is 0 Å². The second-order valence-corrected chi connectivity index (χ2v) is 13.8. The summed E-state index contributed by atoms with van der Waals surface area (Å²) in [5, 5.41) is 42.5. The molecule has 3 saturated heterocycles. The van der Waals surface area contributed by atoms with Crippen molar-refractivity contribution < 1.29 is 91.4 Å². The zero-order valence-corrected chi connectivity index (χ0v) is 25.9. The molecule has 0 radical (unpaired) electrons. The molecule has 260 valence electrons. The van der Waals surface area contributed by atoms with Crippen LogP contribution in [0.4, 0.5) is 0 Å². The van der Waals surface area contributed by atoms with E-state index in [2.05, 4.69) is 8.37 Å². The number of aliphatic hydroxyl groups is 4. The average Bonchev–Trinajstić information content (AvgIpc) is 2.86. The smallest absolute Gasteiger partial charge is 0.218 e. The molecular weight excluding hydrogens is 670 g/mol. The number of hydrogen-bond donors (Lipinski definition) is 5. The van der Waals surface area contributed by atoms with Crippen molar-refractivity contribution in [3.05, 3.63) is 0 Å². The van der Waals surface area contributed by atoms with Crippen molar-refractivity contribution in [2.45, 2.75) is 113 Å². The summed E-state index contributed by atoms with van der Waals surface area (Å²) in [6.45, 7) is 4.09. The number of hydrogen-bond acceptors (Lipinski definition) is 20. The van der Waals surface area contributed by atoms with E-state index in [1.165, 1.54) is 32.4 Å². The van der Waals surface area contributed by atoms with Gasteiger partial charge in [-0.15, -0.1) is 0 Å². The Bertz CT molecular complexity index is 1300. The Kier molecular flexibility index (Phi) is 12.1. The molecule has 3 fully saturated rings. The van der Waals surface area contributed by atoms with E-state index >= 15 is 0 Å². The molecule has 21 nitrogen and oxygen atoms in total. The molecule has 44 heavy (non-hydrogen) atoms. The average molecular weight is 705 g/mol. The van der Waals surface area contributed by atoms with Gasteiger partial charge in [-0.25, -0.2) is 30.0 Å². The van der Waals surface area contributed by atoms with Crippen molar-refractivity contribution >= 4 is 31.1 Å². The molecule has 0 aliphatic carbocycles. The molecule has 3 aliphatic rings. The first kappa shape index (κ1) is 37.7. The molecule has 0 bridgehead atoms. The van der Waals surface area contributed by atoms with Crippen molar-refractivity contribution in [1.29, 1.82) is 0 Å². The normalized spacial score (nSPS) is 44.4. The Morgan fingerprint density at radius 3 is 1.77 bits per heavy atom. The standard InChI is InChI=1S/C20H37NO20S3/c1-6-12(22)13(23)7(2)37-19(6)40-18-10(5-35-43(29,30)31)38-20(11(14(18)24)21-42(26,27)28)39-16-8(3)36-9(4)17(15(16)25)41-44(32,33)34/h6-25H,5H2,1-4H3,(H,26,27,28)(H,29,30,31)(H,32,33,34)/p-3/t6?,7?,8?,9-,10?,11?,12-,13?,14+,15+,16?,17?,18+,19-,20+/m0/s1. The highest BCUT2D eigenvalue weighted by molar-refractivity contribution is 7.83. The quantitative estimate of drug-likeness (QED) is 0.0991. The van der Waals surface area contributed by atoms with Gasteiger partial charge in [0.1, 0.15) is 48.8 Å². The van der Waals surface area contributed by atoms with Crippen LogP contribution in [0.5, 0.6) is 0 Å². The number of rotatable bonds is 11. The Morgan fingerprint density at radius 1 is 0.659 bits per heavy atom. The summed E-state index contributed by atoms with van der Waals surface area (Å²) in [5.41, 5.74) is 0. The highest BCUT2D eigenvalue weighted by Gasteiger charge is 2.53. The molecule has 8 unspecified atom stereocenters. The fourth-order valence-electron chi connectivity index (χ4n) is 5.11. The van der Waals surface area contributed by atoms with Crippen LogP contribution in [0.2, 0.25) is 0 Å². The van der Waals surface area contributed by atoms with Crippen LogP contribution in [0.25, 0.3) is 0 Å². The highest BCUT2D eigenvalue weighted by Crippen LogP contribution is 2.34. The Balaban J connectivity index is 1.97. The minimum atomic E-state index is -5.44. The lowest BCUT2D eigenvalue weighted by molar-refractivity contribution is -0.348. The van der Waals surface area contributed by atoms with E-state index in [1.807, 2.05) is 0 Å². The van der Waals surface area contributed by atoms with Gasteiger partial charge in [0, 0.05) is 5.92 Å². The maximum Gasteiger partial charge on any atom is 0.218 e. The molecule has 0 aromatic rings. The molecule has 0 aromatic heterocycles. The minimum Gasteiger partial charge on any atom is -0.735 e. The third-order valence-electron chi connectivity index (χ3n) is 7.32. The van der Waals surface area contributed by atoms with Gasteiger partial charge in [0.15, 0.2) is 22.9 Å². The maximum atomic E-state index is 11.7. The summed E-state index contributed by atoms with van der Waals surface area (Å²) in [7, 11) is -16.2. The van der Waals surface area contributed by atoms with Gasteiger partial charge >= 0.3 is 0 Å². The van der Waals surface area contributed by atoms with E-state index in [1.54, 1.807) is 0 Å². The zero-order chi connectivity index (χ0) is 33.5. The fraction of sp³-hybridized carbons (Fsp3) is 1.00. The zero-order valence-electron chi connectivity index (χ0n) is 23.4. The van der Waals surface area contributed by atoms with Gasteiger partial charge in [-0.05, 0) is 20.8 Å². The Morgan fingerprint density at radius 2 is 1.23 bits per heavy atom. The first-order valence-electron chi connectivity index (χ1n) is 13.0.